The van der Waals surface area contributed by atoms with E-state index >= 15 is 0 Å². The van der Waals surface area contributed by atoms with Gasteiger partial charge in [-0.25, -0.2) is 0 Å². The molecule has 0 aliphatic carbocycles. The Morgan fingerprint density at radius 2 is 2.05 bits per heavy atom. The number of anilines is 1. The van der Waals surface area contributed by atoms with Gasteiger partial charge in [-0.15, -0.1) is 0 Å². The molecular formula is C14H17BrF3NO2S. The van der Waals surface area contributed by atoms with Gasteiger partial charge in [-0.2, -0.15) is 24.9 Å². The van der Waals surface area contributed by atoms with Gasteiger partial charge in [0.05, 0.1) is 11.4 Å². The number of hydrogen-bond acceptors (Lipinski definition) is 3. The second kappa shape index (κ2) is 8.10. The van der Waals surface area contributed by atoms with Gasteiger partial charge in [-0.05, 0) is 30.2 Å². The first-order chi connectivity index (χ1) is 10.1. The molecule has 0 bridgehead atoms. The minimum atomic E-state index is -4.70. The highest BCUT2D eigenvalue weighted by Crippen LogP contribution is 2.41. The summed E-state index contributed by atoms with van der Waals surface area (Å²) in [6.07, 6.45) is -3.74. The first-order valence-corrected chi connectivity index (χ1v) is 8.53. The van der Waals surface area contributed by atoms with Crippen molar-refractivity contribution in [3.8, 4) is 5.75 Å². The van der Waals surface area contributed by atoms with Crippen molar-refractivity contribution < 1.29 is 23.1 Å². The van der Waals surface area contributed by atoms with Crippen LogP contribution >= 0.6 is 27.7 Å². The molecule has 0 spiro atoms. The zero-order valence-electron chi connectivity index (χ0n) is 12.1. The van der Waals surface area contributed by atoms with Crippen molar-refractivity contribution in [2.45, 2.75) is 26.4 Å². The summed E-state index contributed by atoms with van der Waals surface area (Å²) in [4.78, 5) is 11.7. The molecule has 0 heterocycles. The molecule has 0 saturated heterocycles. The van der Waals surface area contributed by atoms with Crippen LogP contribution in [-0.4, -0.2) is 22.5 Å². The van der Waals surface area contributed by atoms with Gasteiger partial charge in [-0.1, -0.05) is 29.8 Å². The van der Waals surface area contributed by atoms with Crippen LogP contribution in [0.25, 0.3) is 0 Å². The Morgan fingerprint density at radius 1 is 1.41 bits per heavy atom. The Labute approximate surface area is 139 Å². The summed E-state index contributed by atoms with van der Waals surface area (Å²) in [7, 11) is 0. The lowest BCUT2D eigenvalue weighted by atomic mass is 10.1. The number of phenolic OH excluding ortho intramolecular Hbond substituents is 1. The fraction of sp³-hybridized carbons (Fsp3) is 0.500. The highest BCUT2D eigenvalue weighted by molar-refractivity contribution is 9.10. The van der Waals surface area contributed by atoms with E-state index in [1.807, 2.05) is 0 Å². The predicted octanol–water partition coefficient (Wildman–Crippen LogP) is 4.89. The van der Waals surface area contributed by atoms with Gasteiger partial charge in [0.25, 0.3) is 0 Å². The van der Waals surface area contributed by atoms with Crippen LogP contribution in [0.1, 0.15) is 25.8 Å². The predicted molar refractivity (Wildman–Crippen MR) is 86.2 cm³/mol. The molecule has 0 radical (unpaired) electrons. The molecule has 1 rings (SSSR count). The molecule has 22 heavy (non-hydrogen) atoms. The maximum atomic E-state index is 12.8. The summed E-state index contributed by atoms with van der Waals surface area (Å²) >= 11 is 4.34. The number of phenols is 1. The fourth-order valence-electron chi connectivity index (χ4n) is 1.58. The maximum absolute atomic E-state index is 12.8. The quantitative estimate of drug-likeness (QED) is 0.528. The topological polar surface area (TPSA) is 49.3 Å². The number of thioether (sulfide) groups is 1. The second-order valence-corrected chi connectivity index (χ2v) is 7.15. The molecule has 1 aromatic rings. The van der Waals surface area contributed by atoms with Gasteiger partial charge in [0.15, 0.2) is 5.75 Å². The van der Waals surface area contributed by atoms with Crippen molar-refractivity contribution in [2.75, 3.05) is 16.8 Å². The number of rotatable bonds is 6. The van der Waals surface area contributed by atoms with Gasteiger partial charge < -0.3 is 10.4 Å². The molecule has 2 N–H and O–H groups in total. The lowest BCUT2D eigenvalue weighted by molar-refractivity contribution is -0.138. The van der Waals surface area contributed by atoms with Crippen molar-refractivity contribution >= 4 is 39.3 Å². The third-order valence-corrected chi connectivity index (χ3v) is 4.18. The molecule has 3 nitrogen and oxygen atoms in total. The molecule has 0 atom stereocenters. The van der Waals surface area contributed by atoms with Crippen molar-refractivity contribution in [3.63, 3.8) is 0 Å². The molecular weight excluding hydrogens is 383 g/mol. The van der Waals surface area contributed by atoms with Crippen molar-refractivity contribution in [1.82, 2.24) is 0 Å². The molecule has 124 valence electrons. The molecule has 1 amide bonds. The van der Waals surface area contributed by atoms with Crippen LogP contribution in [0.15, 0.2) is 16.6 Å². The number of alkyl halides is 3. The van der Waals surface area contributed by atoms with Gasteiger partial charge >= 0.3 is 6.18 Å². The Balaban J connectivity index is 2.73. The van der Waals surface area contributed by atoms with Gasteiger partial charge in [0, 0.05) is 4.47 Å². The molecule has 0 aliphatic heterocycles. The van der Waals surface area contributed by atoms with Gasteiger partial charge in [-0.3, -0.25) is 4.79 Å². The van der Waals surface area contributed by atoms with E-state index in [2.05, 4.69) is 35.1 Å². The minimum Gasteiger partial charge on any atom is -0.505 e. The van der Waals surface area contributed by atoms with E-state index < -0.39 is 23.4 Å². The van der Waals surface area contributed by atoms with Crippen molar-refractivity contribution in [3.05, 3.63) is 22.2 Å². The van der Waals surface area contributed by atoms with Crippen LogP contribution in [0.2, 0.25) is 0 Å². The Kier molecular flexibility index (Phi) is 7.05. The Morgan fingerprint density at radius 3 is 2.59 bits per heavy atom. The molecule has 1 aromatic carbocycles. The van der Waals surface area contributed by atoms with E-state index in [0.29, 0.717) is 5.92 Å². The van der Waals surface area contributed by atoms with E-state index in [-0.39, 0.29) is 15.9 Å². The summed E-state index contributed by atoms with van der Waals surface area (Å²) in [5, 5.41) is 12.0. The molecule has 0 fully saturated rings. The van der Waals surface area contributed by atoms with E-state index in [0.717, 1.165) is 18.2 Å². The summed E-state index contributed by atoms with van der Waals surface area (Å²) in [6.45, 7) is 4.14. The van der Waals surface area contributed by atoms with E-state index in [4.69, 9.17) is 0 Å². The van der Waals surface area contributed by atoms with Crippen LogP contribution in [-0.2, 0) is 11.0 Å². The number of aromatic hydroxyl groups is 1. The largest absolute Gasteiger partial charge is 0.505 e. The number of carbonyl (C=O) groups excluding carboxylic acids is 1. The lowest BCUT2D eigenvalue weighted by Crippen LogP contribution is -2.16. The monoisotopic (exact) mass is 399 g/mol. The molecule has 0 aliphatic rings. The molecule has 0 aromatic heterocycles. The minimum absolute atomic E-state index is 0.125. The SMILES string of the molecule is CC(C)CCSCC(=O)Nc1cc(Br)cc(C(F)(F)F)c1O. The smallest absolute Gasteiger partial charge is 0.420 e. The standard InChI is InChI=1S/C14H17BrF3NO2S/c1-8(2)3-4-22-7-12(20)19-11-6-9(15)5-10(13(11)21)14(16,17)18/h5-6,8,21H,3-4,7H2,1-2H3,(H,19,20). The van der Waals surface area contributed by atoms with Crippen molar-refractivity contribution in [1.29, 1.82) is 0 Å². The summed E-state index contributed by atoms with van der Waals surface area (Å²) in [5.74, 6) is 0.0224. The Bertz CT molecular complexity index is 536. The molecule has 0 unspecified atom stereocenters. The third kappa shape index (κ3) is 6.08. The van der Waals surface area contributed by atoms with Gasteiger partial charge in [0.2, 0.25) is 5.91 Å². The third-order valence-electron chi connectivity index (χ3n) is 2.73. The van der Waals surface area contributed by atoms with Crippen LogP contribution in [0.3, 0.4) is 0 Å². The summed E-state index contributed by atoms with van der Waals surface area (Å²) in [5.41, 5.74) is -1.44. The summed E-state index contributed by atoms with van der Waals surface area (Å²) < 4.78 is 38.4. The number of halogens is 4. The van der Waals surface area contributed by atoms with E-state index in [1.165, 1.54) is 17.8 Å². The second-order valence-electron chi connectivity index (χ2n) is 5.13. The van der Waals surface area contributed by atoms with Crippen molar-refractivity contribution in [2.24, 2.45) is 5.92 Å². The average Bonchev–Trinajstić information content (AvgIpc) is 2.37. The zero-order chi connectivity index (χ0) is 16.9. The average molecular weight is 400 g/mol. The first kappa shape index (κ1) is 19.2. The zero-order valence-corrected chi connectivity index (χ0v) is 14.5. The number of benzene rings is 1. The van der Waals surface area contributed by atoms with Gasteiger partial charge in [0.1, 0.15) is 5.56 Å². The van der Waals surface area contributed by atoms with E-state index in [9.17, 15) is 23.1 Å². The molecule has 8 heteroatoms. The Hall–Kier alpha value is -0.890. The van der Waals surface area contributed by atoms with E-state index in [1.54, 1.807) is 0 Å². The van der Waals surface area contributed by atoms with Crippen LogP contribution in [0.4, 0.5) is 18.9 Å². The highest BCUT2D eigenvalue weighted by atomic mass is 79.9. The highest BCUT2D eigenvalue weighted by Gasteiger charge is 2.35. The fourth-order valence-corrected chi connectivity index (χ4v) is 3.08. The lowest BCUT2D eigenvalue weighted by Gasteiger charge is -2.14. The number of hydrogen-bond donors (Lipinski definition) is 2. The maximum Gasteiger partial charge on any atom is 0.420 e. The van der Waals surface area contributed by atoms with Crippen LogP contribution in [0, 0.1) is 5.92 Å². The number of amides is 1. The van der Waals surface area contributed by atoms with Crippen LogP contribution < -0.4 is 5.32 Å². The number of nitrogens with one attached hydrogen (secondary N) is 1. The summed E-state index contributed by atoms with van der Waals surface area (Å²) in [6, 6.07) is 2.00. The van der Waals surface area contributed by atoms with Crippen LogP contribution in [0.5, 0.6) is 5.75 Å². The normalized spacial score (nSPS) is 11.8. The first-order valence-electron chi connectivity index (χ1n) is 6.58. The molecule has 0 saturated carbocycles. The number of carbonyl (C=O) groups is 1.